The molecule has 5 heteroatoms. The van der Waals surface area contributed by atoms with Gasteiger partial charge in [-0.3, -0.25) is 4.90 Å². The number of rotatable bonds is 5. The van der Waals surface area contributed by atoms with Gasteiger partial charge in [-0.05, 0) is 25.6 Å². The van der Waals surface area contributed by atoms with E-state index in [2.05, 4.69) is 40.3 Å². The van der Waals surface area contributed by atoms with Crippen molar-refractivity contribution in [1.82, 2.24) is 19.6 Å². The third kappa shape index (κ3) is 3.55. The molecule has 1 aromatic carbocycles. The van der Waals surface area contributed by atoms with Crippen molar-refractivity contribution in [3.8, 4) is 5.69 Å². The summed E-state index contributed by atoms with van der Waals surface area (Å²) in [5.74, 6) is 0. The zero-order valence-electron chi connectivity index (χ0n) is 13.1. The highest BCUT2D eigenvalue weighted by Gasteiger charge is 2.23. The maximum atomic E-state index is 9.18. The Hall–Kier alpha value is -1.69. The van der Waals surface area contributed by atoms with Gasteiger partial charge in [-0.2, -0.15) is 5.10 Å². The zero-order valence-corrected chi connectivity index (χ0v) is 13.1. The Bertz CT molecular complexity index is 583. The fourth-order valence-electron chi connectivity index (χ4n) is 3.04. The van der Waals surface area contributed by atoms with Crippen LogP contribution in [0.3, 0.4) is 0 Å². The summed E-state index contributed by atoms with van der Waals surface area (Å²) in [4.78, 5) is 4.80. The maximum absolute atomic E-state index is 9.18. The van der Waals surface area contributed by atoms with E-state index in [-0.39, 0.29) is 6.61 Å². The molecule has 0 amide bonds. The minimum Gasteiger partial charge on any atom is -0.396 e. The minimum absolute atomic E-state index is 0.259. The summed E-state index contributed by atoms with van der Waals surface area (Å²) in [6.07, 6.45) is 4.90. The van der Waals surface area contributed by atoms with E-state index in [1.54, 1.807) is 0 Å². The van der Waals surface area contributed by atoms with Crippen molar-refractivity contribution in [2.24, 2.45) is 0 Å². The van der Waals surface area contributed by atoms with E-state index in [0.29, 0.717) is 6.04 Å². The van der Waals surface area contributed by atoms with Crippen LogP contribution in [0, 0.1) is 0 Å². The van der Waals surface area contributed by atoms with E-state index in [1.165, 1.54) is 5.56 Å². The van der Waals surface area contributed by atoms with Gasteiger partial charge >= 0.3 is 0 Å². The molecule has 3 rings (SSSR count). The highest BCUT2D eigenvalue weighted by atomic mass is 16.3. The van der Waals surface area contributed by atoms with Crippen molar-refractivity contribution in [2.75, 3.05) is 33.3 Å². The van der Waals surface area contributed by atoms with Gasteiger partial charge in [0.05, 0.1) is 11.9 Å². The molecular weight excluding hydrogens is 276 g/mol. The molecule has 1 aromatic heterocycles. The second-order valence-corrected chi connectivity index (χ2v) is 6.01. The number of hydrogen-bond donors (Lipinski definition) is 1. The predicted octanol–water partition coefficient (Wildman–Crippen LogP) is 1.37. The van der Waals surface area contributed by atoms with Crippen LogP contribution in [0.5, 0.6) is 0 Å². The number of aliphatic hydroxyl groups is 1. The van der Waals surface area contributed by atoms with Gasteiger partial charge < -0.3 is 10.0 Å². The predicted molar refractivity (Wildman–Crippen MR) is 87.0 cm³/mol. The average Bonchev–Trinajstić information content (AvgIpc) is 3.00. The SMILES string of the molecule is CN1CCN(Cc2cnn(-c3ccccc3)c2)C[C@@H]1CCO. The maximum Gasteiger partial charge on any atom is 0.0645 e. The van der Waals surface area contributed by atoms with Crippen LogP contribution >= 0.6 is 0 Å². The summed E-state index contributed by atoms with van der Waals surface area (Å²) in [5.41, 5.74) is 2.32. The van der Waals surface area contributed by atoms with Crippen molar-refractivity contribution in [3.05, 3.63) is 48.3 Å². The Labute approximate surface area is 131 Å². The lowest BCUT2D eigenvalue weighted by Gasteiger charge is -2.39. The number of likely N-dealkylation sites (N-methyl/N-ethyl adjacent to an activating group) is 1. The molecule has 0 radical (unpaired) electrons. The van der Waals surface area contributed by atoms with Gasteiger partial charge in [-0.15, -0.1) is 0 Å². The fraction of sp³-hybridized carbons (Fsp3) is 0.471. The smallest absolute Gasteiger partial charge is 0.0645 e. The standard InChI is InChI=1S/C17H24N4O/c1-19-8-9-20(14-17(19)7-10-22)12-15-11-18-21(13-15)16-5-3-2-4-6-16/h2-6,11,13,17,22H,7-10,12,14H2,1H3/t17-/m0/s1. The lowest BCUT2D eigenvalue weighted by molar-refractivity contribution is 0.0743. The van der Waals surface area contributed by atoms with Crippen molar-refractivity contribution < 1.29 is 5.11 Å². The summed E-state index contributed by atoms with van der Waals surface area (Å²) in [6.45, 7) is 4.30. The highest BCUT2D eigenvalue weighted by Crippen LogP contribution is 2.15. The molecule has 1 aliphatic rings. The Morgan fingerprint density at radius 2 is 2.05 bits per heavy atom. The second-order valence-electron chi connectivity index (χ2n) is 6.01. The van der Waals surface area contributed by atoms with Crippen molar-refractivity contribution >= 4 is 0 Å². The summed E-state index contributed by atoms with van der Waals surface area (Å²) < 4.78 is 1.93. The van der Waals surface area contributed by atoms with Gasteiger partial charge in [0.1, 0.15) is 0 Å². The molecule has 1 aliphatic heterocycles. The van der Waals surface area contributed by atoms with Crippen LogP contribution in [0.1, 0.15) is 12.0 Å². The molecule has 2 aromatic rings. The number of aromatic nitrogens is 2. The van der Waals surface area contributed by atoms with Crippen LogP contribution in [-0.4, -0.2) is 64.0 Å². The summed E-state index contributed by atoms with van der Waals surface area (Å²) in [6, 6.07) is 10.6. The largest absolute Gasteiger partial charge is 0.396 e. The van der Waals surface area contributed by atoms with Crippen LogP contribution in [-0.2, 0) is 6.54 Å². The van der Waals surface area contributed by atoms with Crippen LogP contribution in [0.2, 0.25) is 0 Å². The van der Waals surface area contributed by atoms with Crippen molar-refractivity contribution in [1.29, 1.82) is 0 Å². The minimum atomic E-state index is 0.259. The molecule has 1 N–H and O–H groups in total. The first-order valence-corrected chi connectivity index (χ1v) is 7.88. The van der Waals surface area contributed by atoms with E-state index >= 15 is 0 Å². The average molecular weight is 300 g/mol. The normalized spacial score (nSPS) is 20.4. The number of nitrogens with zero attached hydrogens (tertiary/aromatic N) is 4. The Balaban J connectivity index is 1.63. The molecule has 0 unspecified atom stereocenters. The summed E-state index contributed by atoms with van der Waals surface area (Å²) in [7, 11) is 2.14. The topological polar surface area (TPSA) is 44.5 Å². The third-order valence-electron chi connectivity index (χ3n) is 4.39. The van der Waals surface area contributed by atoms with Gasteiger partial charge in [-0.1, -0.05) is 18.2 Å². The molecule has 2 heterocycles. The first kappa shape index (κ1) is 15.2. The third-order valence-corrected chi connectivity index (χ3v) is 4.39. The summed E-state index contributed by atoms with van der Waals surface area (Å²) >= 11 is 0. The zero-order chi connectivity index (χ0) is 15.4. The molecule has 1 atom stereocenters. The molecular formula is C17H24N4O. The highest BCUT2D eigenvalue weighted by molar-refractivity contribution is 5.30. The van der Waals surface area contributed by atoms with Crippen LogP contribution < -0.4 is 0 Å². The molecule has 0 bridgehead atoms. The van der Waals surface area contributed by atoms with Gasteiger partial charge in [0, 0.05) is 50.6 Å². The molecule has 118 valence electrons. The molecule has 1 saturated heterocycles. The van der Waals surface area contributed by atoms with Crippen LogP contribution in [0.15, 0.2) is 42.7 Å². The van der Waals surface area contributed by atoms with E-state index in [4.69, 9.17) is 0 Å². The summed E-state index contributed by atoms with van der Waals surface area (Å²) in [5, 5.41) is 13.6. The number of piperazine rings is 1. The van der Waals surface area contributed by atoms with Gasteiger partial charge in [0.15, 0.2) is 0 Å². The molecule has 22 heavy (non-hydrogen) atoms. The Morgan fingerprint density at radius 3 is 2.82 bits per heavy atom. The first-order chi connectivity index (χ1) is 10.8. The van der Waals surface area contributed by atoms with Crippen molar-refractivity contribution in [3.63, 3.8) is 0 Å². The molecule has 5 nitrogen and oxygen atoms in total. The lowest BCUT2D eigenvalue weighted by atomic mass is 10.1. The van der Waals surface area contributed by atoms with E-state index in [0.717, 1.165) is 38.3 Å². The van der Waals surface area contributed by atoms with Crippen molar-refractivity contribution in [2.45, 2.75) is 19.0 Å². The first-order valence-electron chi connectivity index (χ1n) is 7.88. The monoisotopic (exact) mass is 300 g/mol. The number of para-hydroxylation sites is 1. The van der Waals surface area contributed by atoms with E-state index in [9.17, 15) is 5.11 Å². The molecule has 0 spiro atoms. The Kier molecular flexibility index (Phi) is 4.87. The van der Waals surface area contributed by atoms with Gasteiger partial charge in [-0.25, -0.2) is 4.68 Å². The number of hydrogen-bond acceptors (Lipinski definition) is 4. The second kappa shape index (κ2) is 7.05. The number of aliphatic hydroxyl groups excluding tert-OH is 1. The molecule has 1 fully saturated rings. The van der Waals surface area contributed by atoms with Crippen LogP contribution in [0.4, 0.5) is 0 Å². The van der Waals surface area contributed by atoms with Gasteiger partial charge in [0.25, 0.3) is 0 Å². The molecule has 0 saturated carbocycles. The Morgan fingerprint density at radius 1 is 1.23 bits per heavy atom. The molecule has 0 aliphatic carbocycles. The van der Waals surface area contributed by atoms with E-state index < -0.39 is 0 Å². The lowest BCUT2D eigenvalue weighted by Crippen LogP contribution is -2.51. The van der Waals surface area contributed by atoms with E-state index in [1.807, 2.05) is 29.1 Å². The van der Waals surface area contributed by atoms with Crippen LogP contribution in [0.25, 0.3) is 5.69 Å². The fourth-order valence-corrected chi connectivity index (χ4v) is 3.04. The van der Waals surface area contributed by atoms with Gasteiger partial charge in [0.2, 0.25) is 0 Å². The number of benzene rings is 1. The quantitative estimate of drug-likeness (QED) is 0.906.